The number of carbonyl (C=O) groups is 1. The number of anilines is 1. The molecule has 1 aliphatic rings. The van der Waals surface area contributed by atoms with Gasteiger partial charge in [-0.1, -0.05) is 24.3 Å². The zero-order chi connectivity index (χ0) is 20.2. The molecule has 7 nitrogen and oxygen atoms in total. The largest absolute Gasteiger partial charge is 0.492 e. The van der Waals surface area contributed by atoms with Gasteiger partial charge in [-0.2, -0.15) is 0 Å². The molecular weight excluding hydrogens is 366 g/mol. The second-order valence-corrected chi connectivity index (χ2v) is 7.69. The summed E-state index contributed by atoms with van der Waals surface area (Å²) in [6.45, 7) is 3.97. The number of hydrogen-bond acceptors (Lipinski definition) is 5. The summed E-state index contributed by atoms with van der Waals surface area (Å²) in [7, 11) is 4.21. The molecule has 4 rings (SSSR count). The van der Waals surface area contributed by atoms with Gasteiger partial charge >= 0.3 is 6.03 Å². The zero-order valence-corrected chi connectivity index (χ0v) is 16.9. The summed E-state index contributed by atoms with van der Waals surface area (Å²) in [4.78, 5) is 21.7. The van der Waals surface area contributed by atoms with Gasteiger partial charge < -0.3 is 19.9 Å². The summed E-state index contributed by atoms with van der Waals surface area (Å²) in [6, 6.07) is 15.4. The van der Waals surface area contributed by atoms with E-state index in [0.717, 1.165) is 42.1 Å². The molecule has 1 aromatic heterocycles. The number of ether oxygens (including phenoxy) is 1. The Bertz CT molecular complexity index is 964. The fourth-order valence-corrected chi connectivity index (χ4v) is 3.77. The van der Waals surface area contributed by atoms with Gasteiger partial charge in [0.05, 0.1) is 17.7 Å². The standard InChI is InChI=1S/C22H27N5O2/c1-25(2)13-17-14-26(15-17)19-9-6-10-20-21(19)24-16-27(20)22(28)23-11-12-29-18-7-4-3-5-8-18/h3-10,16-17H,11-15H2,1-2H3,(H,23,28). The van der Waals surface area contributed by atoms with Crippen molar-refractivity contribution in [3.05, 3.63) is 54.9 Å². The number of para-hydroxylation sites is 2. The molecule has 1 amide bonds. The molecule has 1 aliphatic heterocycles. The molecule has 0 radical (unpaired) electrons. The third-order valence-corrected chi connectivity index (χ3v) is 5.09. The average molecular weight is 393 g/mol. The number of imidazole rings is 1. The Hall–Kier alpha value is -3.06. The second kappa shape index (κ2) is 8.53. The quantitative estimate of drug-likeness (QED) is 0.626. The molecule has 7 heteroatoms. The first-order valence-electron chi connectivity index (χ1n) is 9.93. The number of nitrogens with one attached hydrogen (secondary N) is 1. The van der Waals surface area contributed by atoms with E-state index in [-0.39, 0.29) is 6.03 Å². The van der Waals surface area contributed by atoms with Gasteiger partial charge in [0.25, 0.3) is 0 Å². The third kappa shape index (κ3) is 4.35. The van der Waals surface area contributed by atoms with Crippen LogP contribution in [0.15, 0.2) is 54.9 Å². The van der Waals surface area contributed by atoms with E-state index in [2.05, 4.69) is 40.3 Å². The number of carbonyl (C=O) groups excluding carboxylic acids is 1. The van der Waals surface area contributed by atoms with Gasteiger partial charge in [-0.25, -0.2) is 9.78 Å². The summed E-state index contributed by atoms with van der Waals surface area (Å²) >= 11 is 0. The molecule has 0 saturated carbocycles. The van der Waals surface area contributed by atoms with Crippen LogP contribution in [0.3, 0.4) is 0 Å². The highest BCUT2D eigenvalue weighted by molar-refractivity contribution is 5.95. The molecule has 2 aromatic carbocycles. The number of amides is 1. The first-order valence-corrected chi connectivity index (χ1v) is 9.93. The van der Waals surface area contributed by atoms with E-state index in [1.54, 1.807) is 10.9 Å². The first-order chi connectivity index (χ1) is 14.1. The van der Waals surface area contributed by atoms with Crippen LogP contribution < -0.4 is 15.0 Å². The zero-order valence-electron chi connectivity index (χ0n) is 16.9. The minimum absolute atomic E-state index is 0.199. The van der Waals surface area contributed by atoms with Crippen LogP contribution in [0, 0.1) is 5.92 Å². The average Bonchev–Trinajstić information content (AvgIpc) is 3.13. The van der Waals surface area contributed by atoms with Gasteiger partial charge in [0.2, 0.25) is 0 Å². The summed E-state index contributed by atoms with van der Waals surface area (Å²) in [5.41, 5.74) is 2.78. The van der Waals surface area contributed by atoms with Crippen LogP contribution in [0.4, 0.5) is 10.5 Å². The van der Waals surface area contributed by atoms with Crippen LogP contribution in [-0.4, -0.2) is 67.4 Å². The van der Waals surface area contributed by atoms with Crippen LogP contribution in [0.5, 0.6) is 5.75 Å². The number of aromatic nitrogens is 2. The van der Waals surface area contributed by atoms with Crippen molar-refractivity contribution in [2.75, 3.05) is 51.8 Å². The fourth-order valence-electron chi connectivity index (χ4n) is 3.77. The molecule has 29 heavy (non-hydrogen) atoms. The molecule has 1 N–H and O–H groups in total. The molecule has 0 spiro atoms. The SMILES string of the molecule is CN(C)CC1CN(c2cccc3c2ncn3C(=O)NCCOc2ccccc2)C1. The molecule has 1 saturated heterocycles. The number of benzene rings is 2. The van der Waals surface area contributed by atoms with Crippen LogP contribution in [0.25, 0.3) is 11.0 Å². The Morgan fingerprint density at radius 2 is 1.97 bits per heavy atom. The predicted molar refractivity (Wildman–Crippen MR) is 115 cm³/mol. The molecule has 0 unspecified atom stereocenters. The maximum atomic E-state index is 12.6. The number of hydrogen-bond donors (Lipinski definition) is 1. The van der Waals surface area contributed by atoms with Crippen LogP contribution >= 0.6 is 0 Å². The maximum absolute atomic E-state index is 12.6. The molecule has 0 atom stereocenters. The lowest BCUT2D eigenvalue weighted by molar-refractivity contribution is 0.238. The van der Waals surface area contributed by atoms with Gasteiger partial charge in [0.15, 0.2) is 0 Å². The van der Waals surface area contributed by atoms with Crippen molar-refractivity contribution in [2.24, 2.45) is 5.92 Å². The van der Waals surface area contributed by atoms with E-state index in [1.807, 2.05) is 42.5 Å². The predicted octanol–water partition coefficient (Wildman–Crippen LogP) is 2.67. The molecule has 152 valence electrons. The van der Waals surface area contributed by atoms with Crippen molar-refractivity contribution >= 4 is 22.8 Å². The lowest BCUT2D eigenvalue weighted by atomic mass is 9.98. The lowest BCUT2D eigenvalue weighted by Crippen LogP contribution is -2.50. The van der Waals surface area contributed by atoms with Crippen LogP contribution in [-0.2, 0) is 0 Å². The van der Waals surface area contributed by atoms with Gasteiger partial charge in [0, 0.05) is 25.6 Å². The second-order valence-electron chi connectivity index (χ2n) is 7.69. The Balaban J connectivity index is 1.37. The summed E-state index contributed by atoms with van der Waals surface area (Å²) < 4.78 is 7.19. The van der Waals surface area contributed by atoms with Crippen molar-refractivity contribution in [2.45, 2.75) is 0 Å². The van der Waals surface area contributed by atoms with Crippen LogP contribution in [0.1, 0.15) is 0 Å². The number of rotatable bonds is 7. The van der Waals surface area contributed by atoms with E-state index in [4.69, 9.17) is 4.74 Å². The molecular formula is C22H27N5O2. The lowest BCUT2D eigenvalue weighted by Gasteiger charge is -2.42. The minimum atomic E-state index is -0.199. The Morgan fingerprint density at radius 3 is 2.72 bits per heavy atom. The van der Waals surface area contributed by atoms with Crippen molar-refractivity contribution in [1.29, 1.82) is 0 Å². The molecule has 1 fully saturated rings. The minimum Gasteiger partial charge on any atom is -0.492 e. The Morgan fingerprint density at radius 1 is 1.17 bits per heavy atom. The maximum Gasteiger partial charge on any atom is 0.327 e. The summed E-state index contributed by atoms with van der Waals surface area (Å²) in [5.74, 6) is 1.47. The van der Waals surface area contributed by atoms with Crippen molar-refractivity contribution in [1.82, 2.24) is 19.8 Å². The van der Waals surface area contributed by atoms with E-state index in [0.29, 0.717) is 19.1 Å². The molecule has 0 aliphatic carbocycles. The normalized spacial score (nSPS) is 14.2. The van der Waals surface area contributed by atoms with Gasteiger partial charge in [-0.3, -0.25) is 4.57 Å². The monoisotopic (exact) mass is 393 g/mol. The smallest absolute Gasteiger partial charge is 0.327 e. The number of nitrogens with zero attached hydrogens (tertiary/aromatic N) is 4. The van der Waals surface area contributed by atoms with E-state index in [1.165, 1.54) is 0 Å². The van der Waals surface area contributed by atoms with Crippen molar-refractivity contribution in [3.63, 3.8) is 0 Å². The molecule has 3 aromatic rings. The van der Waals surface area contributed by atoms with Gasteiger partial charge in [-0.05, 0) is 38.4 Å². The third-order valence-electron chi connectivity index (χ3n) is 5.09. The highest BCUT2D eigenvalue weighted by Crippen LogP contribution is 2.31. The Labute approximate surface area is 170 Å². The molecule has 2 heterocycles. The topological polar surface area (TPSA) is 62.6 Å². The van der Waals surface area contributed by atoms with E-state index >= 15 is 0 Å². The van der Waals surface area contributed by atoms with Gasteiger partial charge in [-0.15, -0.1) is 0 Å². The Kier molecular flexibility index (Phi) is 5.67. The van der Waals surface area contributed by atoms with E-state index in [9.17, 15) is 4.79 Å². The number of fused-ring (bicyclic) bond motifs is 1. The first kappa shape index (κ1) is 19.3. The fraction of sp³-hybridized carbons (Fsp3) is 0.364. The summed E-state index contributed by atoms with van der Waals surface area (Å²) in [5, 5.41) is 2.89. The highest BCUT2D eigenvalue weighted by atomic mass is 16.5. The van der Waals surface area contributed by atoms with Crippen LogP contribution in [0.2, 0.25) is 0 Å². The van der Waals surface area contributed by atoms with E-state index < -0.39 is 0 Å². The van der Waals surface area contributed by atoms with Crippen molar-refractivity contribution in [3.8, 4) is 5.75 Å². The summed E-state index contributed by atoms with van der Waals surface area (Å²) in [6.07, 6.45) is 1.60. The molecule has 0 bridgehead atoms. The highest BCUT2D eigenvalue weighted by Gasteiger charge is 2.29. The van der Waals surface area contributed by atoms with Gasteiger partial charge in [0.1, 0.15) is 24.2 Å². The van der Waals surface area contributed by atoms with Crippen molar-refractivity contribution < 1.29 is 9.53 Å².